The van der Waals surface area contributed by atoms with Crippen molar-refractivity contribution in [3.05, 3.63) is 59.7 Å². The minimum atomic E-state index is -0.188. The zero-order valence-corrected chi connectivity index (χ0v) is 11.9. The molecule has 3 nitrogen and oxygen atoms in total. The zero-order valence-electron chi connectivity index (χ0n) is 11.9. The Morgan fingerprint density at radius 2 is 2.10 bits per heavy atom. The molecule has 0 saturated heterocycles. The van der Waals surface area contributed by atoms with Gasteiger partial charge in [0.15, 0.2) is 0 Å². The average molecular weight is 273 g/mol. The van der Waals surface area contributed by atoms with E-state index in [1.807, 2.05) is 43.1 Å². The molecule has 0 aliphatic carbocycles. The Balaban J connectivity index is 2.08. The van der Waals surface area contributed by atoms with E-state index in [-0.39, 0.29) is 5.82 Å². The smallest absolute Gasteiger partial charge is 0.146 e. The van der Waals surface area contributed by atoms with Crippen molar-refractivity contribution >= 4 is 5.69 Å². The molecule has 1 aromatic carbocycles. The molecule has 0 unspecified atom stereocenters. The first-order chi connectivity index (χ1) is 9.70. The lowest BCUT2D eigenvalue weighted by atomic mass is 10.1. The van der Waals surface area contributed by atoms with E-state index in [2.05, 4.69) is 10.3 Å². The summed E-state index contributed by atoms with van der Waals surface area (Å²) in [5.74, 6) is -0.188. The minimum absolute atomic E-state index is 0.188. The second-order valence-corrected chi connectivity index (χ2v) is 4.78. The summed E-state index contributed by atoms with van der Waals surface area (Å²) in [6.07, 6.45) is 3.54. The van der Waals surface area contributed by atoms with Crippen LogP contribution in [0.1, 0.15) is 18.1 Å². The molecule has 2 rings (SSSR count). The van der Waals surface area contributed by atoms with Gasteiger partial charge in [-0.25, -0.2) is 4.39 Å². The van der Waals surface area contributed by atoms with Crippen molar-refractivity contribution in [3.8, 4) is 0 Å². The highest BCUT2D eigenvalue weighted by Gasteiger charge is 2.09. The number of halogens is 1. The molecule has 1 heterocycles. The van der Waals surface area contributed by atoms with Gasteiger partial charge in [-0.1, -0.05) is 19.1 Å². The Hall–Kier alpha value is -1.94. The molecule has 1 aromatic heterocycles. The topological polar surface area (TPSA) is 28.2 Å². The lowest BCUT2D eigenvalue weighted by molar-refractivity contribution is 0.616. The van der Waals surface area contributed by atoms with Crippen LogP contribution in [-0.2, 0) is 13.1 Å². The van der Waals surface area contributed by atoms with Gasteiger partial charge in [0, 0.05) is 32.5 Å². The van der Waals surface area contributed by atoms with Crippen LogP contribution in [0.15, 0.2) is 42.7 Å². The maximum absolute atomic E-state index is 14.1. The van der Waals surface area contributed by atoms with E-state index >= 15 is 0 Å². The Morgan fingerprint density at radius 1 is 1.25 bits per heavy atom. The summed E-state index contributed by atoms with van der Waals surface area (Å²) in [5.41, 5.74) is 2.63. The summed E-state index contributed by atoms with van der Waals surface area (Å²) in [5, 5.41) is 3.19. The number of anilines is 1. The Morgan fingerprint density at radius 3 is 2.75 bits per heavy atom. The molecule has 0 amide bonds. The maximum atomic E-state index is 14.1. The second kappa shape index (κ2) is 7.01. The van der Waals surface area contributed by atoms with Crippen LogP contribution in [0.3, 0.4) is 0 Å². The number of benzene rings is 1. The summed E-state index contributed by atoms with van der Waals surface area (Å²) in [6, 6.07) is 9.26. The molecule has 106 valence electrons. The summed E-state index contributed by atoms with van der Waals surface area (Å²) in [4.78, 5) is 5.97. The predicted molar refractivity (Wildman–Crippen MR) is 80.1 cm³/mol. The fraction of sp³-hybridized carbons (Fsp3) is 0.312. The molecule has 2 aromatic rings. The molecule has 0 radical (unpaired) electrons. The molecule has 0 fully saturated rings. The molecule has 1 N–H and O–H groups in total. The maximum Gasteiger partial charge on any atom is 0.146 e. The van der Waals surface area contributed by atoms with Crippen molar-refractivity contribution < 1.29 is 4.39 Å². The summed E-state index contributed by atoms with van der Waals surface area (Å²) in [7, 11) is 1.88. The highest BCUT2D eigenvalue weighted by atomic mass is 19.1. The number of rotatable bonds is 6. The van der Waals surface area contributed by atoms with Crippen LogP contribution in [0.4, 0.5) is 10.1 Å². The van der Waals surface area contributed by atoms with Crippen LogP contribution >= 0.6 is 0 Å². The van der Waals surface area contributed by atoms with E-state index in [0.717, 1.165) is 17.7 Å². The standard InChI is InChI=1S/C16H20FN3/c1-3-18-10-13-6-7-16(15(17)9-13)20(2)12-14-5-4-8-19-11-14/h4-9,11,18H,3,10,12H2,1-2H3. The second-order valence-electron chi connectivity index (χ2n) is 4.78. The van der Waals surface area contributed by atoms with Gasteiger partial charge in [-0.15, -0.1) is 0 Å². The van der Waals surface area contributed by atoms with Crippen molar-refractivity contribution in [1.82, 2.24) is 10.3 Å². The van der Waals surface area contributed by atoms with Gasteiger partial charge >= 0.3 is 0 Å². The van der Waals surface area contributed by atoms with E-state index in [1.54, 1.807) is 18.5 Å². The fourth-order valence-corrected chi connectivity index (χ4v) is 2.09. The highest BCUT2D eigenvalue weighted by molar-refractivity contribution is 5.49. The lowest BCUT2D eigenvalue weighted by Crippen LogP contribution is -2.18. The van der Waals surface area contributed by atoms with Gasteiger partial charge in [0.25, 0.3) is 0 Å². The SMILES string of the molecule is CCNCc1ccc(N(C)Cc2cccnc2)c(F)c1. The van der Waals surface area contributed by atoms with Crippen LogP contribution in [-0.4, -0.2) is 18.6 Å². The van der Waals surface area contributed by atoms with Gasteiger partial charge in [0.1, 0.15) is 5.82 Å². The third kappa shape index (κ3) is 3.78. The van der Waals surface area contributed by atoms with E-state index < -0.39 is 0 Å². The van der Waals surface area contributed by atoms with E-state index in [1.165, 1.54) is 0 Å². The third-order valence-corrected chi connectivity index (χ3v) is 3.15. The Bertz CT molecular complexity index is 543. The molecule has 0 aliphatic rings. The van der Waals surface area contributed by atoms with Gasteiger partial charge in [-0.3, -0.25) is 4.98 Å². The van der Waals surface area contributed by atoms with Crippen LogP contribution in [0.2, 0.25) is 0 Å². The molecule has 0 saturated carbocycles. The Kier molecular flexibility index (Phi) is 5.07. The largest absolute Gasteiger partial charge is 0.368 e. The van der Waals surface area contributed by atoms with Gasteiger partial charge in [0.2, 0.25) is 0 Å². The van der Waals surface area contributed by atoms with Crippen molar-refractivity contribution in [1.29, 1.82) is 0 Å². The number of nitrogens with one attached hydrogen (secondary N) is 1. The molecule has 0 bridgehead atoms. The zero-order chi connectivity index (χ0) is 14.4. The van der Waals surface area contributed by atoms with E-state index in [0.29, 0.717) is 18.8 Å². The van der Waals surface area contributed by atoms with Gasteiger partial charge < -0.3 is 10.2 Å². The van der Waals surface area contributed by atoms with Crippen molar-refractivity contribution in [2.45, 2.75) is 20.0 Å². The molecule has 20 heavy (non-hydrogen) atoms. The average Bonchev–Trinajstić information content (AvgIpc) is 2.46. The first-order valence-electron chi connectivity index (χ1n) is 6.80. The number of pyridine rings is 1. The van der Waals surface area contributed by atoms with Crippen LogP contribution in [0.25, 0.3) is 0 Å². The van der Waals surface area contributed by atoms with Crippen LogP contribution in [0.5, 0.6) is 0 Å². The van der Waals surface area contributed by atoms with E-state index in [9.17, 15) is 4.39 Å². The minimum Gasteiger partial charge on any atom is -0.368 e. The summed E-state index contributed by atoms with van der Waals surface area (Å²) in [6.45, 7) is 4.24. The first-order valence-corrected chi connectivity index (χ1v) is 6.80. The molecule has 4 heteroatoms. The lowest BCUT2D eigenvalue weighted by Gasteiger charge is -2.20. The molecule has 0 aliphatic heterocycles. The quantitative estimate of drug-likeness (QED) is 0.877. The van der Waals surface area contributed by atoms with Crippen molar-refractivity contribution in [2.75, 3.05) is 18.5 Å². The number of nitrogens with zero attached hydrogens (tertiary/aromatic N) is 2. The highest BCUT2D eigenvalue weighted by Crippen LogP contribution is 2.21. The normalized spacial score (nSPS) is 10.6. The Labute approximate surface area is 119 Å². The van der Waals surface area contributed by atoms with Crippen LogP contribution in [0, 0.1) is 5.82 Å². The number of hydrogen-bond acceptors (Lipinski definition) is 3. The summed E-state index contributed by atoms with van der Waals surface area (Å²) < 4.78 is 14.1. The van der Waals surface area contributed by atoms with Crippen molar-refractivity contribution in [2.24, 2.45) is 0 Å². The molecular weight excluding hydrogens is 253 g/mol. The molecule has 0 atom stereocenters. The third-order valence-electron chi connectivity index (χ3n) is 3.15. The van der Waals surface area contributed by atoms with E-state index in [4.69, 9.17) is 0 Å². The fourth-order valence-electron chi connectivity index (χ4n) is 2.09. The van der Waals surface area contributed by atoms with Crippen molar-refractivity contribution in [3.63, 3.8) is 0 Å². The van der Waals surface area contributed by atoms with Crippen LogP contribution < -0.4 is 10.2 Å². The van der Waals surface area contributed by atoms with Gasteiger partial charge in [0.05, 0.1) is 5.69 Å². The summed E-state index contributed by atoms with van der Waals surface area (Å²) >= 11 is 0. The molecule has 0 spiro atoms. The number of aromatic nitrogens is 1. The first kappa shape index (κ1) is 14.5. The monoisotopic (exact) mass is 273 g/mol. The molecular formula is C16H20FN3. The number of hydrogen-bond donors (Lipinski definition) is 1. The predicted octanol–water partition coefficient (Wildman–Crippen LogP) is 2.97. The van der Waals surface area contributed by atoms with Gasteiger partial charge in [-0.2, -0.15) is 0 Å². The van der Waals surface area contributed by atoms with Gasteiger partial charge in [-0.05, 0) is 35.9 Å².